The molecule has 0 spiro atoms. The van der Waals surface area contributed by atoms with Crippen LogP contribution in [0.25, 0.3) is 0 Å². The molecule has 2 heterocycles. The number of likely N-dealkylation sites (N-methyl/N-ethyl adjacent to an activating group) is 1. The minimum Gasteiger partial charge on any atom is -0.312 e. The van der Waals surface area contributed by atoms with Crippen molar-refractivity contribution < 1.29 is 0 Å². The van der Waals surface area contributed by atoms with Gasteiger partial charge in [-0.3, -0.25) is 4.68 Å². The van der Waals surface area contributed by atoms with E-state index in [1.54, 1.807) is 11.3 Å². The van der Waals surface area contributed by atoms with Gasteiger partial charge in [0.1, 0.15) is 0 Å². The van der Waals surface area contributed by atoms with E-state index in [0.717, 1.165) is 12.1 Å². The molecule has 0 bridgehead atoms. The van der Waals surface area contributed by atoms with Gasteiger partial charge in [-0.05, 0) is 54.5 Å². The van der Waals surface area contributed by atoms with Crippen molar-refractivity contribution in [2.45, 2.75) is 26.3 Å². The van der Waals surface area contributed by atoms with E-state index in [9.17, 15) is 0 Å². The highest BCUT2D eigenvalue weighted by atomic mass is 79.9. The number of nitrogens with one attached hydrogen (secondary N) is 1. The molecule has 3 nitrogen and oxygen atoms in total. The van der Waals surface area contributed by atoms with Crippen LogP contribution < -0.4 is 5.32 Å². The van der Waals surface area contributed by atoms with Gasteiger partial charge in [0.05, 0.1) is 9.48 Å². The largest absolute Gasteiger partial charge is 0.312 e. The molecule has 2 aromatic heterocycles. The van der Waals surface area contributed by atoms with Crippen LogP contribution in [0.4, 0.5) is 0 Å². The Morgan fingerprint density at radius 2 is 2.17 bits per heavy atom. The van der Waals surface area contributed by atoms with Crippen LogP contribution in [0.5, 0.6) is 0 Å². The topological polar surface area (TPSA) is 29.9 Å². The van der Waals surface area contributed by atoms with E-state index in [-0.39, 0.29) is 0 Å². The molecule has 18 heavy (non-hydrogen) atoms. The smallest absolute Gasteiger partial charge is 0.0731 e. The summed E-state index contributed by atoms with van der Waals surface area (Å²) in [6, 6.07) is 4.74. The van der Waals surface area contributed by atoms with Crippen LogP contribution in [-0.2, 0) is 13.5 Å². The van der Waals surface area contributed by atoms with E-state index < -0.39 is 0 Å². The van der Waals surface area contributed by atoms with E-state index in [2.05, 4.69) is 45.4 Å². The lowest BCUT2D eigenvalue weighted by molar-refractivity contribution is 0.569. The summed E-state index contributed by atoms with van der Waals surface area (Å²) in [4.78, 5) is 1.36. The highest BCUT2D eigenvalue weighted by Crippen LogP contribution is 2.32. The molecule has 1 unspecified atom stereocenters. The van der Waals surface area contributed by atoms with E-state index >= 15 is 0 Å². The van der Waals surface area contributed by atoms with Crippen LogP contribution in [0.3, 0.4) is 0 Å². The van der Waals surface area contributed by atoms with Gasteiger partial charge in [-0.1, -0.05) is 0 Å². The summed E-state index contributed by atoms with van der Waals surface area (Å²) in [5.74, 6) is 0. The summed E-state index contributed by atoms with van der Waals surface area (Å²) in [5, 5.41) is 7.79. The molecule has 0 fully saturated rings. The highest BCUT2D eigenvalue weighted by molar-refractivity contribution is 9.11. The van der Waals surface area contributed by atoms with Gasteiger partial charge in [0, 0.05) is 30.1 Å². The fraction of sp³-hybridized carbons (Fsp3) is 0.462. The Hall–Kier alpha value is -0.650. The maximum absolute atomic E-state index is 4.40. The zero-order chi connectivity index (χ0) is 13.3. The number of nitrogens with zero attached hydrogens (tertiary/aromatic N) is 2. The van der Waals surface area contributed by atoms with Gasteiger partial charge >= 0.3 is 0 Å². The van der Waals surface area contributed by atoms with E-state index in [1.165, 1.54) is 19.9 Å². The predicted octanol–water partition coefficient (Wildman–Crippen LogP) is 3.36. The van der Waals surface area contributed by atoms with Crippen molar-refractivity contribution in [3.63, 3.8) is 0 Å². The lowest BCUT2D eigenvalue weighted by atomic mass is 10.1. The molecule has 0 aromatic carbocycles. The molecule has 5 heteroatoms. The summed E-state index contributed by atoms with van der Waals surface area (Å²) in [6.45, 7) is 4.16. The van der Waals surface area contributed by atoms with Gasteiger partial charge in [0.25, 0.3) is 0 Å². The van der Waals surface area contributed by atoms with Crippen molar-refractivity contribution in [2.75, 3.05) is 7.05 Å². The molecule has 0 aliphatic heterocycles. The summed E-state index contributed by atoms with van der Waals surface area (Å²) in [7, 11) is 4.02. The number of halogens is 1. The first kappa shape index (κ1) is 13.8. The number of hydrogen-bond acceptors (Lipinski definition) is 3. The standard InChI is InChI=1S/C13H18BrN3S/c1-8-5-12(18-13(8)14)11(15-3)7-10-6-9(2)16-17(10)4/h5-6,11,15H,7H2,1-4H3. The zero-order valence-electron chi connectivity index (χ0n) is 11.1. The number of aromatic nitrogens is 2. The van der Waals surface area contributed by atoms with E-state index in [4.69, 9.17) is 0 Å². The Balaban J connectivity index is 2.22. The SMILES string of the molecule is CNC(Cc1cc(C)nn1C)c1cc(C)c(Br)s1. The van der Waals surface area contributed by atoms with Gasteiger partial charge in [-0.2, -0.15) is 5.10 Å². The van der Waals surface area contributed by atoms with Gasteiger partial charge in [-0.25, -0.2) is 0 Å². The van der Waals surface area contributed by atoms with Crippen LogP contribution in [-0.4, -0.2) is 16.8 Å². The average molecular weight is 328 g/mol. The molecular formula is C13H18BrN3S. The lowest BCUT2D eigenvalue weighted by Gasteiger charge is -2.14. The first-order valence-electron chi connectivity index (χ1n) is 5.94. The molecule has 0 aliphatic carbocycles. The molecule has 0 saturated carbocycles. The van der Waals surface area contributed by atoms with Crippen molar-refractivity contribution in [3.8, 4) is 0 Å². The minimum absolute atomic E-state index is 0.342. The second-order valence-corrected chi connectivity index (χ2v) is 6.95. The Kier molecular flexibility index (Phi) is 4.25. The van der Waals surface area contributed by atoms with Gasteiger partial charge < -0.3 is 5.32 Å². The van der Waals surface area contributed by atoms with Crippen molar-refractivity contribution in [1.29, 1.82) is 0 Å². The van der Waals surface area contributed by atoms with Gasteiger partial charge in [0.15, 0.2) is 0 Å². The van der Waals surface area contributed by atoms with Crippen molar-refractivity contribution >= 4 is 27.3 Å². The maximum Gasteiger partial charge on any atom is 0.0731 e. The van der Waals surface area contributed by atoms with Crippen molar-refractivity contribution in [3.05, 3.63) is 37.7 Å². The Morgan fingerprint density at radius 1 is 1.44 bits per heavy atom. The summed E-state index contributed by atoms with van der Waals surface area (Å²) >= 11 is 5.39. The average Bonchev–Trinajstić information content (AvgIpc) is 2.79. The van der Waals surface area contributed by atoms with E-state index in [0.29, 0.717) is 6.04 Å². The molecule has 98 valence electrons. The third-order valence-electron chi connectivity index (χ3n) is 3.08. The van der Waals surface area contributed by atoms with Gasteiger partial charge in [-0.15, -0.1) is 11.3 Å². The van der Waals surface area contributed by atoms with Crippen LogP contribution in [0, 0.1) is 13.8 Å². The maximum atomic E-state index is 4.40. The monoisotopic (exact) mass is 327 g/mol. The lowest BCUT2D eigenvalue weighted by Crippen LogP contribution is -2.19. The fourth-order valence-corrected chi connectivity index (χ4v) is 3.75. The molecule has 0 amide bonds. The van der Waals surface area contributed by atoms with Crippen molar-refractivity contribution in [1.82, 2.24) is 15.1 Å². The van der Waals surface area contributed by atoms with E-state index in [1.807, 2.05) is 25.7 Å². The van der Waals surface area contributed by atoms with Crippen LogP contribution in [0.1, 0.15) is 27.9 Å². The van der Waals surface area contributed by atoms with Crippen LogP contribution >= 0.6 is 27.3 Å². The molecule has 2 rings (SSSR count). The van der Waals surface area contributed by atoms with Crippen LogP contribution in [0.15, 0.2) is 15.9 Å². The third kappa shape index (κ3) is 2.84. The predicted molar refractivity (Wildman–Crippen MR) is 80.2 cm³/mol. The normalized spacial score (nSPS) is 12.9. The molecular weight excluding hydrogens is 310 g/mol. The number of rotatable bonds is 4. The molecule has 2 aromatic rings. The molecule has 1 atom stereocenters. The summed E-state index contributed by atoms with van der Waals surface area (Å²) in [5.41, 5.74) is 3.64. The minimum atomic E-state index is 0.342. The Labute approximate surface area is 120 Å². The molecule has 1 N–H and O–H groups in total. The zero-order valence-corrected chi connectivity index (χ0v) is 13.5. The number of aryl methyl sites for hydroxylation is 3. The Bertz CT molecular complexity index is 525. The number of thiophene rings is 1. The summed E-state index contributed by atoms with van der Waals surface area (Å²) < 4.78 is 3.19. The fourth-order valence-electron chi connectivity index (χ4n) is 2.06. The van der Waals surface area contributed by atoms with Crippen molar-refractivity contribution in [2.24, 2.45) is 7.05 Å². The number of hydrogen-bond donors (Lipinski definition) is 1. The Morgan fingerprint density at radius 3 is 2.61 bits per heavy atom. The third-order valence-corrected chi connectivity index (χ3v) is 5.33. The quantitative estimate of drug-likeness (QED) is 0.933. The molecule has 0 saturated heterocycles. The summed E-state index contributed by atoms with van der Waals surface area (Å²) in [6.07, 6.45) is 0.959. The first-order chi connectivity index (χ1) is 8.51. The highest BCUT2D eigenvalue weighted by Gasteiger charge is 2.16. The molecule has 0 aliphatic rings. The second kappa shape index (κ2) is 5.55. The second-order valence-electron chi connectivity index (χ2n) is 4.55. The first-order valence-corrected chi connectivity index (χ1v) is 7.55. The van der Waals surface area contributed by atoms with Crippen LogP contribution in [0.2, 0.25) is 0 Å². The molecule has 0 radical (unpaired) electrons. The van der Waals surface area contributed by atoms with Gasteiger partial charge in [0.2, 0.25) is 0 Å².